The summed E-state index contributed by atoms with van der Waals surface area (Å²) in [7, 11) is -3.86. The zero-order valence-electron chi connectivity index (χ0n) is 10.7. The third-order valence-electron chi connectivity index (χ3n) is 3.01. The maximum Gasteiger partial charge on any atom is 0.327 e. The standard InChI is InChI=1S/C13H15NO5S/c15-12(16)13(7-8-19-10-13)14-20(17,18)9-6-11-4-2-1-3-5-11/h1-6,9,14H,7-8,10H2,(H,15,16)/b9-6+/t13-/m0/s1. The number of hydrogen-bond donors (Lipinski definition) is 2. The van der Waals surface area contributed by atoms with Crippen molar-refractivity contribution in [1.82, 2.24) is 4.72 Å². The Morgan fingerprint density at radius 1 is 1.35 bits per heavy atom. The van der Waals surface area contributed by atoms with Crippen molar-refractivity contribution < 1.29 is 23.1 Å². The lowest BCUT2D eigenvalue weighted by Crippen LogP contribution is -2.54. The predicted octanol–water partition coefficient (Wildman–Crippen LogP) is 0.820. The highest BCUT2D eigenvalue weighted by Crippen LogP contribution is 2.20. The molecule has 1 heterocycles. The van der Waals surface area contributed by atoms with Crippen molar-refractivity contribution >= 4 is 22.1 Å². The third kappa shape index (κ3) is 3.44. The van der Waals surface area contributed by atoms with Crippen molar-refractivity contribution in [3.63, 3.8) is 0 Å². The maximum atomic E-state index is 12.0. The molecule has 1 fully saturated rings. The van der Waals surface area contributed by atoms with Gasteiger partial charge in [0.25, 0.3) is 0 Å². The highest BCUT2D eigenvalue weighted by Gasteiger charge is 2.45. The Morgan fingerprint density at radius 3 is 2.60 bits per heavy atom. The molecule has 0 unspecified atom stereocenters. The van der Waals surface area contributed by atoms with Gasteiger partial charge in [-0.1, -0.05) is 30.3 Å². The molecule has 6 nitrogen and oxygen atoms in total. The normalized spacial score (nSPS) is 23.2. The van der Waals surface area contributed by atoms with Crippen LogP contribution in [0.1, 0.15) is 12.0 Å². The van der Waals surface area contributed by atoms with Gasteiger partial charge in [-0.2, -0.15) is 4.72 Å². The van der Waals surface area contributed by atoms with E-state index in [0.717, 1.165) is 5.41 Å². The van der Waals surface area contributed by atoms with Crippen molar-refractivity contribution in [3.8, 4) is 0 Å². The van der Waals surface area contributed by atoms with E-state index in [0.29, 0.717) is 5.56 Å². The first-order valence-electron chi connectivity index (χ1n) is 6.02. The van der Waals surface area contributed by atoms with Gasteiger partial charge in [-0.25, -0.2) is 8.42 Å². The Hall–Kier alpha value is -1.70. The van der Waals surface area contributed by atoms with Gasteiger partial charge in [0.15, 0.2) is 5.54 Å². The summed E-state index contributed by atoms with van der Waals surface area (Å²) in [6.45, 7) is 0.0535. The van der Waals surface area contributed by atoms with E-state index in [4.69, 9.17) is 4.74 Å². The quantitative estimate of drug-likeness (QED) is 0.839. The molecule has 7 heteroatoms. The molecule has 1 atom stereocenters. The summed E-state index contributed by atoms with van der Waals surface area (Å²) in [4.78, 5) is 11.2. The van der Waals surface area contributed by atoms with Gasteiger partial charge in [0, 0.05) is 18.4 Å². The fraction of sp³-hybridized carbons (Fsp3) is 0.308. The van der Waals surface area contributed by atoms with E-state index in [1.165, 1.54) is 6.08 Å². The van der Waals surface area contributed by atoms with Crippen LogP contribution in [0.15, 0.2) is 35.7 Å². The van der Waals surface area contributed by atoms with E-state index < -0.39 is 21.5 Å². The molecule has 1 aliphatic heterocycles. The predicted molar refractivity (Wildman–Crippen MR) is 73.3 cm³/mol. The van der Waals surface area contributed by atoms with Crippen LogP contribution in [0, 0.1) is 0 Å². The van der Waals surface area contributed by atoms with Gasteiger partial charge in [-0.3, -0.25) is 4.79 Å². The molecule has 108 valence electrons. The van der Waals surface area contributed by atoms with Crippen LogP contribution in [0.2, 0.25) is 0 Å². The molecule has 0 spiro atoms. The second-order valence-corrected chi connectivity index (χ2v) is 6.12. The molecule has 1 aromatic carbocycles. The summed E-state index contributed by atoms with van der Waals surface area (Å²) in [5.74, 6) is -1.23. The molecule has 0 bridgehead atoms. The molecule has 1 saturated heterocycles. The van der Waals surface area contributed by atoms with E-state index in [-0.39, 0.29) is 19.6 Å². The molecule has 20 heavy (non-hydrogen) atoms. The number of carbonyl (C=O) groups is 1. The molecule has 0 amide bonds. The molecule has 0 aromatic heterocycles. The van der Waals surface area contributed by atoms with Crippen LogP contribution in [0.5, 0.6) is 0 Å². The Balaban J connectivity index is 2.15. The van der Waals surface area contributed by atoms with E-state index in [2.05, 4.69) is 4.72 Å². The summed E-state index contributed by atoms with van der Waals surface area (Å²) < 4.78 is 31.1. The van der Waals surface area contributed by atoms with Crippen molar-refractivity contribution in [2.75, 3.05) is 13.2 Å². The average molecular weight is 297 g/mol. The second-order valence-electron chi connectivity index (χ2n) is 4.55. The Bertz CT molecular complexity index is 603. The number of sulfonamides is 1. The van der Waals surface area contributed by atoms with Crippen LogP contribution in [-0.4, -0.2) is 38.2 Å². The topological polar surface area (TPSA) is 92.7 Å². The molecule has 1 aromatic rings. The van der Waals surface area contributed by atoms with Gasteiger partial charge < -0.3 is 9.84 Å². The minimum absolute atomic E-state index is 0.112. The highest BCUT2D eigenvalue weighted by molar-refractivity contribution is 7.92. The van der Waals surface area contributed by atoms with Gasteiger partial charge in [0.05, 0.1) is 6.61 Å². The van der Waals surface area contributed by atoms with Crippen LogP contribution < -0.4 is 4.72 Å². The lowest BCUT2D eigenvalue weighted by atomic mass is 10.0. The average Bonchev–Trinajstić information content (AvgIpc) is 2.87. The number of carboxylic acid groups (broad SMARTS) is 1. The summed E-state index contributed by atoms with van der Waals surface area (Å²) in [6, 6.07) is 8.88. The number of ether oxygens (including phenoxy) is 1. The molecule has 0 radical (unpaired) electrons. The first kappa shape index (κ1) is 14.7. The molecule has 1 aliphatic rings. The first-order valence-corrected chi connectivity index (χ1v) is 7.56. The summed E-state index contributed by atoms with van der Waals surface area (Å²) in [5.41, 5.74) is -0.857. The first-order chi connectivity index (χ1) is 9.44. The third-order valence-corrected chi connectivity index (χ3v) is 4.18. The molecular formula is C13H15NO5S. The summed E-state index contributed by atoms with van der Waals surface area (Å²) in [6.07, 6.45) is 1.52. The van der Waals surface area contributed by atoms with Crippen LogP contribution in [0.3, 0.4) is 0 Å². The second kappa shape index (κ2) is 5.74. The molecular weight excluding hydrogens is 282 g/mol. The SMILES string of the molecule is O=C(O)[C@]1(NS(=O)(=O)/C=C/c2ccccc2)CCOC1. The van der Waals surface area contributed by atoms with Crippen molar-refractivity contribution in [2.45, 2.75) is 12.0 Å². The van der Waals surface area contributed by atoms with Crippen LogP contribution in [0.25, 0.3) is 6.08 Å². The fourth-order valence-electron chi connectivity index (χ4n) is 1.90. The number of carboxylic acids is 1. The van der Waals surface area contributed by atoms with Crippen molar-refractivity contribution in [2.24, 2.45) is 0 Å². The van der Waals surface area contributed by atoms with E-state index in [9.17, 15) is 18.3 Å². The van der Waals surface area contributed by atoms with Gasteiger partial charge in [-0.15, -0.1) is 0 Å². The molecule has 2 N–H and O–H groups in total. The largest absolute Gasteiger partial charge is 0.480 e. The molecule has 2 rings (SSSR count). The number of hydrogen-bond acceptors (Lipinski definition) is 4. The van der Waals surface area contributed by atoms with Gasteiger partial charge >= 0.3 is 5.97 Å². The number of aliphatic carboxylic acids is 1. The minimum Gasteiger partial charge on any atom is -0.480 e. The van der Waals surface area contributed by atoms with Gasteiger partial charge in [0.1, 0.15) is 0 Å². The fourth-order valence-corrected chi connectivity index (χ4v) is 3.09. The smallest absolute Gasteiger partial charge is 0.327 e. The Morgan fingerprint density at radius 2 is 2.05 bits per heavy atom. The Kier molecular flexibility index (Phi) is 4.22. The maximum absolute atomic E-state index is 12.0. The summed E-state index contributed by atoms with van der Waals surface area (Å²) in [5, 5.41) is 10.1. The van der Waals surface area contributed by atoms with E-state index >= 15 is 0 Å². The van der Waals surface area contributed by atoms with Crippen molar-refractivity contribution in [1.29, 1.82) is 0 Å². The van der Waals surface area contributed by atoms with Crippen molar-refractivity contribution in [3.05, 3.63) is 41.3 Å². The zero-order chi connectivity index (χ0) is 14.6. The lowest BCUT2D eigenvalue weighted by molar-refractivity contribution is -0.144. The number of nitrogens with one attached hydrogen (secondary N) is 1. The van der Waals surface area contributed by atoms with E-state index in [1.807, 2.05) is 6.07 Å². The summed E-state index contributed by atoms with van der Waals surface area (Å²) >= 11 is 0. The number of rotatable bonds is 5. The highest BCUT2D eigenvalue weighted by atomic mass is 32.2. The van der Waals surface area contributed by atoms with E-state index in [1.54, 1.807) is 24.3 Å². The van der Waals surface area contributed by atoms with Crippen LogP contribution in [0.4, 0.5) is 0 Å². The molecule has 0 aliphatic carbocycles. The van der Waals surface area contributed by atoms with Gasteiger partial charge in [0.2, 0.25) is 10.0 Å². The van der Waals surface area contributed by atoms with Crippen LogP contribution >= 0.6 is 0 Å². The monoisotopic (exact) mass is 297 g/mol. The van der Waals surface area contributed by atoms with Gasteiger partial charge in [-0.05, 0) is 11.6 Å². The lowest BCUT2D eigenvalue weighted by Gasteiger charge is -2.22. The Labute approximate surface area is 117 Å². The molecule has 0 saturated carbocycles. The minimum atomic E-state index is -3.86. The number of benzene rings is 1. The van der Waals surface area contributed by atoms with Crippen LogP contribution in [-0.2, 0) is 19.6 Å². The zero-order valence-corrected chi connectivity index (χ0v) is 11.5.